The highest BCUT2D eigenvalue weighted by Crippen LogP contribution is 2.37. The first-order valence-electron chi connectivity index (χ1n) is 10.5. The number of fused-ring (bicyclic) bond motifs is 1. The summed E-state index contributed by atoms with van der Waals surface area (Å²) in [6, 6.07) is 16.3. The number of aliphatic imine (C=N–C) groups is 1. The molecule has 0 aliphatic rings. The van der Waals surface area contributed by atoms with Crippen LogP contribution >= 0.6 is 27.5 Å². The number of hydrogen-bond acceptors (Lipinski definition) is 7. The Morgan fingerprint density at radius 1 is 1.19 bits per heavy atom. The van der Waals surface area contributed by atoms with Crippen molar-refractivity contribution in [3.63, 3.8) is 0 Å². The van der Waals surface area contributed by atoms with Crippen LogP contribution in [0.25, 0.3) is 28.2 Å². The Kier molecular flexibility index (Phi) is 6.21. The highest BCUT2D eigenvalue weighted by atomic mass is 79.9. The van der Waals surface area contributed by atoms with Gasteiger partial charge in [-0.05, 0) is 64.5 Å². The summed E-state index contributed by atoms with van der Waals surface area (Å²) >= 11 is 9.72. The smallest absolute Gasteiger partial charge is 0.270 e. The van der Waals surface area contributed by atoms with Gasteiger partial charge in [-0.15, -0.1) is 0 Å². The zero-order valence-electron chi connectivity index (χ0n) is 18.6. The van der Waals surface area contributed by atoms with Crippen molar-refractivity contribution in [1.29, 1.82) is 0 Å². The lowest BCUT2D eigenvalue weighted by atomic mass is 10.1. The molecule has 0 saturated carbocycles. The van der Waals surface area contributed by atoms with E-state index in [0.717, 1.165) is 4.47 Å². The van der Waals surface area contributed by atoms with E-state index in [1.54, 1.807) is 36.5 Å². The van der Waals surface area contributed by atoms with Crippen LogP contribution in [0.1, 0.15) is 5.76 Å². The lowest BCUT2D eigenvalue weighted by molar-refractivity contribution is -0.384. The Bertz CT molecular complexity index is 1660. The Morgan fingerprint density at radius 3 is 2.78 bits per heavy atom. The molecule has 0 bridgehead atoms. The summed E-state index contributed by atoms with van der Waals surface area (Å²) in [6.45, 7) is 0. The number of furan rings is 1. The molecule has 0 atom stereocenters. The molecule has 0 radical (unpaired) electrons. The summed E-state index contributed by atoms with van der Waals surface area (Å²) in [5.41, 5.74) is 2.37. The number of methoxy groups -OCH3 is 1. The normalized spacial score (nSPS) is 11.4. The molecule has 5 rings (SSSR count). The molecule has 0 amide bonds. The highest BCUT2D eigenvalue weighted by molar-refractivity contribution is 9.10. The summed E-state index contributed by atoms with van der Waals surface area (Å²) in [5, 5.41) is 21.2. The van der Waals surface area contributed by atoms with Crippen LogP contribution in [-0.2, 0) is 0 Å². The maximum absolute atomic E-state index is 11.0. The fraction of sp³-hybridized carbons (Fsp3) is 0.0400. The van der Waals surface area contributed by atoms with Crippen LogP contribution in [-0.4, -0.2) is 32.7 Å². The number of phenolic OH excluding ortho intramolecular Hbond substituents is 1. The molecule has 9 nitrogen and oxygen atoms in total. The monoisotopic (exact) mass is 566 g/mol. The van der Waals surface area contributed by atoms with Crippen LogP contribution in [0.2, 0.25) is 5.02 Å². The Labute approximate surface area is 217 Å². The van der Waals surface area contributed by atoms with Gasteiger partial charge in [0.1, 0.15) is 22.9 Å². The maximum atomic E-state index is 11.0. The van der Waals surface area contributed by atoms with Gasteiger partial charge in [-0.3, -0.25) is 14.5 Å². The summed E-state index contributed by atoms with van der Waals surface area (Å²) in [6.07, 6.45) is 3.40. The third kappa shape index (κ3) is 4.43. The number of aromatic hydroxyl groups is 1. The number of aromatic nitrogens is 2. The van der Waals surface area contributed by atoms with Gasteiger partial charge in [-0.1, -0.05) is 11.6 Å². The quantitative estimate of drug-likeness (QED) is 0.134. The molecule has 11 heteroatoms. The molecule has 0 unspecified atom stereocenters. The number of benzene rings is 2. The zero-order chi connectivity index (χ0) is 25.4. The van der Waals surface area contributed by atoms with Crippen molar-refractivity contribution >= 4 is 50.9 Å². The number of pyridine rings is 1. The Balaban J connectivity index is 1.55. The SMILES string of the molecule is COc1cc(-c2nc3ccc(Br)cn3c2N=Cc2ccc(-c3ccc([N+](=O)[O-])cc3Cl)o2)ccc1O. The average molecular weight is 568 g/mol. The van der Waals surface area contributed by atoms with Crippen molar-refractivity contribution in [2.75, 3.05) is 7.11 Å². The zero-order valence-corrected chi connectivity index (χ0v) is 20.9. The number of rotatable bonds is 6. The van der Waals surface area contributed by atoms with E-state index in [1.165, 1.54) is 25.3 Å². The van der Waals surface area contributed by atoms with Crippen molar-refractivity contribution in [2.45, 2.75) is 0 Å². The number of phenols is 1. The van der Waals surface area contributed by atoms with Crippen LogP contribution < -0.4 is 4.74 Å². The second kappa shape index (κ2) is 9.48. The summed E-state index contributed by atoms with van der Waals surface area (Å²) in [7, 11) is 1.48. The number of non-ortho nitro benzene ring substituents is 1. The molecule has 3 aromatic heterocycles. The number of halogens is 2. The van der Waals surface area contributed by atoms with Crippen LogP contribution in [0.4, 0.5) is 11.5 Å². The second-order valence-corrected chi connectivity index (χ2v) is 8.95. The molecule has 5 aromatic rings. The fourth-order valence-corrected chi connectivity index (χ4v) is 4.26. The Morgan fingerprint density at radius 2 is 2.03 bits per heavy atom. The molecule has 0 fully saturated rings. The molecule has 36 heavy (non-hydrogen) atoms. The van der Waals surface area contributed by atoms with E-state index in [2.05, 4.69) is 20.9 Å². The van der Waals surface area contributed by atoms with Gasteiger partial charge in [0, 0.05) is 33.9 Å². The minimum Gasteiger partial charge on any atom is -0.504 e. The van der Waals surface area contributed by atoms with Crippen molar-refractivity contribution in [1.82, 2.24) is 9.38 Å². The summed E-state index contributed by atoms with van der Waals surface area (Å²) < 4.78 is 13.8. The van der Waals surface area contributed by atoms with E-state index < -0.39 is 4.92 Å². The van der Waals surface area contributed by atoms with E-state index in [4.69, 9.17) is 25.7 Å². The summed E-state index contributed by atoms with van der Waals surface area (Å²) in [4.78, 5) is 19.8. The fourth-order valence-electron chi connectivity index (χ4n) is 3.66. The lowest BCUT2D eigenvalue weighted by Gasteiger charge is -2.06. The van der Waals surface area contributed by atoms with Gasteiger partial charge in [0.05, 0.1) is 23.3 Å². The maximum Gasteiger partial charge on any atom is 0.270 e. The lowest BCUT2D eigenvalue weighted by Crippen LogP contribution is -1.88. The first kappa shape index (κ1) is 23.6. The number of nitrogens with zero attached hydrogens (tertiary/aromatic N) is 4. The van der Waals surface area contributed by atoms with Gasteiger partial charge < -0.3 is 14.3 Å². The van der Waals surface area contributed by atoms with Crippen molar-refractivity contribution < 1.29 is 19.2 Å². The minimum absolute atomic E-state index is 0.0193. The van der Waals surface area contributed by atoms with Crippen LogP contribution in [0.3, 0.4) is 0 Å². The van der Waals surface area contributed by atoms with Crippen molar-refractivity contribution in [2.24, 2.45) is 4.99 Å². The number of nitro benzene ring substituents is 1. The topological polar surface area (TPSA) is 115 Å². The molecule has 0 spiro atoms. The van der Waals surface area contributed by atoms with E-state index in [0.29, 0.717) is 45.6 Å². The van der Waals surface area contributed by atoms with E-state index in [1.807, 2.05) is 22.7 Å². The molecule has 0 aliphatic heterocycles. The van der Waals surface area contributed by atoms with E-state index >= 15 is 0 Å². The van der Waals surface area contributed by atoms with E-state index in [9.17, 15) is 15.2 Å². The highest BCUT2D eigenvalue weighted by Gasteiger charge is 2.17. The first-order valence-corrected chi connectivity index (χ1v) is 11.6. The van der Waals surface area contributed by atoms with Crippen LogP contribution in [0, 0.1) is 10.1 Å². The van der Waals surface area contributed by atoms with Gasteiger partial charge in [0.25, 0.3) is 5.69 Å². The van der Waals surface area contributed by atoms with Gasteiger partial charge in [0.2, 0.25) is 0 Å². The Hall–Kier alpha value is -4.15. The van der Waals surface area contributed by atoms with Gasteiger partial charge in [-0.25, -0.2) is 9.98 Å². The third-order valence-electron chi connectivity index (χ3n) is 5.38. The van der Waals surface area contributed by atoms with Gasteiger partial charge in [-0.2, -0.15) is 0 Å². The van der Waals surface area contributed by atoms with Gasteiger partial charge >= 0.3 is 0 Å². The number of hydrogen-bond donors (Lipinski definition) is 1. The molecule has 0 saturated heterocycles. The molecular weight excluding hydrogens is 552 g/mol. The second-order valence-electron chi connectivity index (χ2n) is 7.63. The van der Waals surface area contributed by atoms with Crippen molar-refractivity contribution in [3.8, 4) is 34.1 Å². The van der Waals surface area contributed by atoms with Gasteiger partial charge in [0.15, 0.2) is 17.3 Å². The van der Waals surface area contributed by atoms with Crippen LogP contribution in [0.5, 0.6) is 11.5 Å². The molecule has 0 aliphatic carbocycles. The largest absolute Gasteiger partial charge is 0.504 e. The van der Waals surface area contributed by atoms with E-state index in [-0.39, 0.29) is 16.5 Å². The standard InChI is InChI=1S/C25H16BrClN4O5/c1-35-22-10-14(2-7-20(22)32)24-25(30-13-15(26)3-9-23(30)29-24)28-12-17-5-8-21(36-17)18-6-4-16(31(33)34)11-19(18)27/h2-13,32H,1H3. The molecular formula is C25H16BrClN4O5. The third-order valence-corrected chi connectivity index (χ3v) is 6.16. The molecule has 180 valence electrons. The minimum atomic E-state index is -0.509. The molecule has 3 heterocycles. The predicted octanol–water partition coefficient (Wildman–Crippen LogP) is 7.05. The molecule has 2 aromatic carbocycles. The number of ether oxygens (including phenoxy) is 1. The molecule has 1 N–H and O–H groups in total. The first-order chi connectivity index (χ1) is 17.3. The average Bonchev–Trinajstić information content (AvgIpc) is 3.47. The summed E-state index contributed by atoms with van der Waals surface area (Å²) in [5.74, 6) is 1.76. The van der Waals surface area contributed by atoms with Crippen molar-refractivity contribution in [3.05, 3.63) is 92.2 Å². The predicted molar refractivity (Wildman–Crippen MR) is 140 cm³/mol. The van der Waals surface area contributed by atoms with Crippen LogP contribution in [0.15, 0.2) is 80.7 Å². The number of nitro groups is 1. The number of imidazole rings is 1.